The minimum atomic E-state index is -0.718. The van der Waals surface area contributed by atoms with E-state index < -0.39 is 5.54 Å². The van der Waals surface area contributed by atoms with Gasteiger partial charge in [-0.05, 0) is 19.9 Å². The molecule has 0 saturated carbocycles. The van der Waals surface area contributed by atoms with E-state index in [4.69, 9.17) is 5.73 Å². The lowest BCUT2D eigenvalue weighted by Crippen LogP contribution is -2.55. The van der Waals surface area contributed by atoms with Crippen LogP contribution in [0.3, 0.4) is 0 Å². The predicted octanol–water partition coefficient (Wildman–Crippen LogP) is 0.940. The summed E-state index contributed by atoms with van der Waals surface area (Å²) in [5.74, 6) is 0.204. The Kier molecular flexibility index (Phi) is 6.02. The van der Waals surface area contributed by atoms with Crippen LogP contribution in [0.1, 0.15) is 20.3 Å². The van der Waals surface area contributed by atoms with E-state index in [2.05, 4.69) is 22.4 Å². The van der Waals surface area contributed by atoms with Crippen LogP contribution in [0.5, 0.6) is 0 Å². The molecule has 0 aliphatic rings. The van der Waals surface area contributed by atoms with Crippen LogP contribution in [0.15, 0.2) is 4.34 Å². The van der Waals surface area contributed by atoms with Gasteiger partial charge in [0.15, 0.2) is 4.34 Å². The third-order valence-electron chi connectivity index (χ3n) is 2.57. The van der Waals surface area contributed by atoms with E-state index in [-0.39, 0.29) is 5.91 Å². The number of carbonyl (C=O) groups excluding carboxylic acids is 1. The van der Waals surface area contributed by atoms with Crippen molar-refractivity contribution in [3.63, 3.8) is 0 Å². The molecule has 3 N–H and O–H groups in total. The number of rotatable bonds is 8. The van der Waals surface area contributed by atoms with Crippen molar-refractivity contribution in [2.45, 2.75) is 30.1 Å². The fourth-order valence-corrected chi connectivity index (χ4v) is 3.15. The third-order valence-corrected chi connectivity index (χ3v) is 5.11. The molecular weight excluding hydrogens is 282 g/mol. The van der Waals surface area contributed by atoms with E-state index in [1.54, 1.807) is 0 Å². The first-order valence-corrected chi connectivity index (χ1v) is 7.88. The van der Waals surface area contributed by atoms with Crippen molar-refractivity contribution in [3.05, 3.63) is 0 Å². The van der Waals surface area contributed by atoms with Gasteiger partial charge in [0.05, 0.1) is 0 Å². The molecule has 1 atom stereocenters. The Hall–Kier alpha value is -0.860. The molecule has 0 aliphatic heterocycles. The molecule has 0 radical (unpaired) electrons. The van der Waals surface area contributed by atoms with Crippen LogP contribution in [0.4, 0.5) is 5.13 Å². The van der Waals surface area contributed by atoms with Crippen molar-refractivity contribution in [3.8, 4) is 0 Å². The Morgan fingerprint density at radius 3 is 2.68 bits per heavy atom. The lowest BCUT2D eigenvalue weighted by Gasteiger charge is -2.26. The van der Waals surface area contributed by atoms with Gasteiger partial charge in [-0.1, -0.05) is 30.0 Å². The first-order valence-electron chi connectivity index (χ1n) is 6.07. The van der Waals surface area contributed by atoms with Crippen molar-refractivity contribution in [1.29, 1.82) is 0 Å². The van der Waals surface area contributed by atoms with E-state index in [0.29, 0.717) is 5.75 Å². The van der Waals surface area contributed by atoms with E-state index in [1.165, 1.54) is 23.1 Å². The lowest BCUT2D eigenvalue weighted by molar-refractivity contribution is -0.122. The van der Waals surface area contributed by atoms with Gasteiger partial charge < -0.3 is 16.0 Å². The Morgan fingerprint density at radius 1 is 1.53 bits per heavy atom. The SMILES string of the molecule is CCCNC(C)(CSc1nnc(N(C)C)s1)C(N)=O. The number of aromatic nitrogens is 2. The average Bonchev–Trinajstić information content (AvgIpc) is 2.82. The molecule has 1 unspecified atom stereocenters. The summed E-state index contributed by atoms with van der Waals surface area (Å²) < 4.78 is 0.842. The fraction of sp³-hybridized carbons (Fsp3) is 0.727. The van der Waals surface area contributed by atoms with E-state index in [0.717, 1.165) is 22.4 Å². The number of nitrogens with two attached hydrogens (primary N) is 1. The zero-order valence-corrected chi connectivity index (χ0v) is 13.4. The molecule has 0 aromatic carbocycles. The van der Waals surface area contributed by atoms with Crippen LogP contribution in [0.25, 0.3) is 0 Å². The zero-order valence-electron chi connectivity index (χ0n) is 11.8. The van der Waals surface area contributed by atoms with Gasteiger partial charge in [0.1, 0.15) is 5.54 Å². The number of hydrogen-bond acceptors (Lipinski definition) is 7. The highest BCUT2D eigenvalue weighted by Gasteiger charge is 2.30. The molecule has 1 rings (SSSR count). The minimum absolute atomic E-state index is 0.342. The Morgan fingerprint density at radius 2 is 2.21 bits per heavy atom. The van der Waals surface area contributed by atoms with Crippen molar-refractivity contribution < 1.29 is 4.79 Å². The maximum atomic E-state index is 11.6. The summed E-state index contributed by atoms with van der Waals surface area (Å²) in [5.41, 5.74) is 4.76. The highest BCUT2D eigenvalue weighted by atomic mass is 32.2. The number of carbonyl (C=O) groups is 1. The van der Waals surface area contributed by atoms with Crippen LogP contribution >= 0.6 is 23.1 Å². The van der Waals surface area contributed by atoms with Gasteiger partial charge in [-0.15, -0.1) is 10.2 Å². The topological polar surface area (TPSA) is 84.1 Å². The summed E-state index contributed by atoms with van der Waals surface area (Å²) in [7, 11) is 3.84. The molecule has 108 valence electrons. The van der Waals surface area contributed by atoms with E-state index in [1.807, 2.05) is 25.9 Å². The van der Waals surface area contributed by atoms with Gasteiger partial charge in [-0.3, -0.25) is 4.79 Å². The number of thioether (sulfide) groups is 1. The average molecular weight is 303 g/mol. The molecule has 0 aliphatic carbocycles. The molecule has 8 heteroatoms. The van der Waals surface area contributed by atoms with Gasteiger partial charge in [0, 0.05) is 19.8 Å². The molecule has 0 saturated heterocycles. The van der Waals surface area contributed by atoms with Crippen molar-refractivity contribution in [2.75, 3.05) is 31.3 Å². The fourth-order valence-electron chi connectivity index (χ4n) is 1.26. The maximum absolute atomic E-state index is 11.6. The summed E-state index contributed by atoms with van der Waals surface area (Å²) in [6.07, 6.45) is 0.955. The van der Waals surface area contributed by atoms with Crippen molar-refractivity contribution in [1.82, 2.24) is 15.5 Å². The second kappa shape index (κ2) is 7.06. The monoisotopic (exact) mass is 303 g/mol. The summed E-state index contributed by atoms with van der Waals surface area (Å²) >= 11 is 3.00. The Balaban J connectivity index is 2.62. The molecule has 19 heavy (non-hydrogen) atoms. The summed E-state index contributed by atoms with van der Waals surface area (Å²) in [5, 5.41) is 12.2. The van der Waals surface area contributed by atoms with Crippen LogP contribution in [0.2, 0.25) is 0 Å². The molecule has 1 heterocycles. The zero-order chi connectivity index (χ0) is 14.5. The quantitative estimate of drug-likeness (QED) is 0.695. The summed E-state index contributed by atoms with van der Waals surface area (Å²) in [6, 6.07) is 0. The first-order chi connectivity index (χ1) is 8.89. The maximum Gasteiger partial charge on any atom is 0.238 e. The van der Waals surface area contributed by atoms with Crippen molar-refractivity contribution >= 4 is 34.1 Å². The largest absolute Gasteiger partial charge is 0.368 e. The molecule has 0 spiro atoms. The van der Waals surface area contributed by atoms with Crippen LogP contribution in [-0.4, -0.2) is 48.0 Å². The number of hydrogen-bond donors (Lipinski definition) is 2. The smallest absolute Gasteiger partial charge is 0.238 e. The molecular formula is C11H21N5OS2. The standard InChI is InChI=1S/C11H21N5OS2/c1-5-6-13-11(2,8(12)17)7-18-10-15-14-9(19-10)16(3)4/h13H,5-7H2,1-4H3,(H2,12,17). The number of primary amides is 1. The molecule has 6 nitrogen and oxygen atoms in total. The number of amides is 1. The molecule has 1 aromatic heterocycles. The van der Waals surface area contributed by atoms with Gasteiger partial charge in [-0.25, -0.2) is 0 Å². The summed E-state index contributed by atoms with van der Waals surface area (Å²) in [6.45, 7) is 4.64. The first kappa shape index (κ1) is 16.2. The number of nitrogens with one attached hydrogen (secondary N) is 1. The Labute approximate surface area is 122 Å². The van der Waals surface area contributed by atoms with Gasteiger partial charge in [-0.2, -0.15) is 0 Å². The van der Waals surface area contributed by atoms with E-state index >= 15 is 0 Å². The predicted molar refractivity (Wildman–Crippen MR) is 80.9 cm³/mol. The van der Waals surface area contributed by atoms with Gasteiger partial charge in [0.25, 0.3) is 0 Å². The molecule has 1 aromatic rings. The second-order valence-electron chi connectivity index (χ2n) is 4.66. The van der Waals surface area contributed by atoms with E-state index in [9.17, 15) is 4.79 Å². The molecule has 1 amide bonds. The minimum Gasteiger partial charge on any atom is -0.368 e. The highest BCUT2D eigenvalue weighted by Crippen LogP contribution is 2.29. The molecule has 0 bridgehead atoms. The number of anilines is 1. The second-order valence-corrected chi connectivity index (χ2v) is 6.84. The molecule has 0 fully saturated rings. The third kappa shape index (κ3) is 4.63. The summed E-state index contributed by atoms with van der Waals surface area (Å²) in [4.78, 5) is 13.5. The number of nitrogens with zero attached hydrogens (tertiary/aromatic N) is 3. The highest BCUT2D eigenvalue weighted by molar-refractivity contribution is 8.01. The Bertz CT molecular complexity index is 423. The van der Waals surface area contributed by atoms with Crippen LogP contribution in [0, 0.1) is 0 Å². The normalized spacial score (nSPS) is 14.1. The van der Waals surface area contributed by atoms with Crippen LogP contribution in [-0.2, 0) is 4.79 Å². The lowest BCUT2D eigenvalue weighted by atomic mass is 10.1. The van der Waals surface area contributed by atoms with Gasteiger partial charge in [0.2, 0.25) is 11.0 Å². The van der Waals surface area contributed by atoms with Crippen LogP contribution < -0.4 is 16.0 Å². The van der Waals surface area contributed by atoms with Crippen molar-refractivity contribution in [2.24, 2.45) is 5.73 Å². The van der Waals surface area contributed by atoms with Gasteiger partial charge >= 0.3 is 0 Å².